The Bertz CT molecular complexity index is 1250. The number of carbonyl (C=O) groups is 1. The Labute approximate surface area is 177 Å². The highest BCUT2D eigenvalue weighted by atomic mass is 32.2. The molecule has 154 valence electrons. The van der Waals surface area contributed by atoms with Crippen molar-refractivity contribution in [1.29, 1.82) is 0 Å². The predicted molar refractivity (Wildman–Crippen MR) is 120 cm³/mol. The van der Waals surface area contributed by atoms with Crippen molar-refractivity contribution < 1.29 is 13.2 Å². The number of carbonyl (C=O) groups excluding carboxylic acids is 1. The lowest BCUT2D eigenvalue weighted by Gasteiger charge is -2.19. The molecule has 1 aliphatic rings. The maximum absolute atomic E-state index is 13.2. The number of aryl methyl sites for hydroxylation is 2. The van der Waals surface area contributed by atoms with Gasteiger partial charge in [0.15, 0.2) is 0 Å². The van der Waals surface area contributed by atoms with E-state index < -0.39 is 10.0 Å². The first kappa shape index (κ1) is 20.2. The molecule has 4 rings (SSSR count). The number of anilines is 2. The van der Waals surface area contributed by atoms with Crippen molar-refractivity contribution in [2.75, 3.05) is 16.2 Å². The van der Waals surface area contributed by atoms with Crippen molar-refractivity contribution in [2.45, 2.75) is 32.1 Å². The number of benzene rings is 3. The first-order valence-electron chi connectivity index (χ1n) is 9.87. The minimum Gasteiger partial charge on any atom is -0.308 e. The van der Waals surface area contributed by atoms with Crippen LogP contribution in [0.5, 0.6) is 0 Å². The molecule has 0 bridgehead atoms. The third-order valence-corrected chi connectivity index (χ3v) is 7.21. The van der Waals surface area contributed by atoms with Gasteiger partial charge in [-0.3, -0.25) is 9.52 Å². The average molecular weight is 421 g/mol. The van der Waals surface area contributed by atoms with Gasteiger partial charge in [0.2, 0.25) is 0 Å². The van der Waals surface area contributed by atoms with Crippen molar-refractivity contribution in [2.24, 2.45) is 0 Å². The first-order valence-corrected chi connectivity index (χ1v) is 11.4. The van der Waals surface area contributed by atoms with Crippen molar-refractivity contribution in [3.05, 3.63) is 88.5 Å². The molecular formula is C24H24N2O3S. The van der Waals surface area contributed by atoms with Gasteiger partial charge in [-0.05, 0) is 73.7 Å². The van der Waals surface area contributed by atoms with Crippen LogP contribution in [0.3, 0.4) is 0 Å². The molecule has 1 aliphatic heterocycles. The largest absolute Gasteiger partial charge is 0.308 e. The van der Waals surface area contributed by atoms with E-state index in [0.717, 1.165) is 28.8 Å². The van der Waals surface area contributed by atoms with Crippen LogP contribution in [0.25, 0.3) is 0 Å². The number of hydrogen-bond donors (Lipinski definition) is 1. The molecule has 0 saturated carbocycles. The molecule has 3 aromatic rings. The summed E-state index contributed by atoms with van der Waals surface area (Å²) in [5, 5.41) is 0. The van der Waals surface area contributed by atoms with Crippen molar-refractivity contribution in [1.82, 2.24) is 0 Å². The van der Waals surface area contributed by atoms with Crippen LogP contribution < -0.4 is 9.62 Å². The monoisotopic (exact) mass is 420 g/mol. The molecule has 1 N–H and O–H groups in total. The molecule has 0 aromatic heterocycles. The fraction of sp³-hybridized carbons (Fsp3) is 0.208. The summed E-state index contributed by atoms with van der Waals surface area (Å²) in [6.45, 7) is 6.14. The van der Waals surface area contributed by atoms with E-state index in [-0.39, 0.29) is 10.8 Å². The van der Waals surface area contributed by atoms with Crippen LogP contribution in [0.1, 0.15) is 32.6 Å². The SMILES string of the molecule is Cc1ccc(C(=O)N2CCc3ccccc32)cc1S(=O)(=O)Nc1cccc(C)c1C. The molecule has 0 fully saturated rings. The number of rotatable bonds is 4. The molecule has 0 atom stereocenters. The van der Waals surface area contributed by atoms with E-state index in [1.165, 1.54) is 6.07 Å². The summed E-state index contributed by atoms with van der Waals surface area (Å²) in [5.41, 5.74) is 5.39. The van der Waals surface area contributed by atoms with Crippen LogP contribution >= 0.6 is 0 Å². The third-order valence-electron chi connectivity index (χ3n) is 5.71. The Balaban J connectivity index is 1.68. The summed E-state index contributed by atoms with van der Waals surface area (Å²) in [6, 6.07) is 18.2. The zero-order chi connectivity index (χ0) is 21.5. The molecule has 0 aliphatic carbocycles. The summed E-state index contributed by atoms with van der Waals surface area (Å²) in [6.07, 6.45) is 0.799. The van der Waals surface area contributed by atoms with E-state index in [1.54, 1.807) is 30.0 Å². The van der Waals surface area contributed by atoms with Gasteiger partial charge in [-0.15, -0.1) is 0 Å². The molecule has 5 nitrogen and oxygen atoms in total. The van der Waals surface area contributed by atoms with E-state index >= 15 is 0 Å². The number of nitrogens with zero attached hydrogens (tertiary/aromatic N) is 1. The Kier molecular flexibility index (Phi) is 5.12. The van der Waals surface area contributed by atoms with Gasteiger partial charge in [0.05, 0.1) is 10.6 Å². The average Bonchev–Trinajstić information content (AvgIpc) is 3.15. The third kappa shape index (κ3) is 3.59. The lowest BCUT2D eigenvalue weighted by atomic mass is 10.1. The highest BCUT2D eigenvalue weighted by molar-refractivity contribution is 7.92. The lowest BCUT2D eigenvalue weighted by Crippen LogP contribution is -2.29. The van der Waals surface area contributed by atoms with Crippen LogP contribution in [0.2, 0.25) is 0 Å². The minimum absolute atomic E-state index is 0.113. The van der Waals surface area contributed by atoms with Crippen LogP contribution in [-0.2, 0) is 16.4 Å². The molecule has 0 saturated heterocycles. The van der Waals surface area contributed by atoms with Crippen LogP contribution in [-0.4, -0.2) is 20.9 Å². The molecule has 0 radical (unpaired) electrons. The molecule has 0 unspecified atom stereocenters. The van der Waals surface area contributed by atoms with Crippen LogP contribution in [0.15, 0.2) is 65.6 Å². The molecule has 6 heteroatoms. The summed E-state index contributed by atoms with van der Waals surface area (Å²) >= 11 is 0. The maximum Gasteiger partial charge on any atom is 0.262 e. The molecule has 1 amide bonds. The lowest BCUT2D eigenvalue weighted by molar-refractivity contribution is 0.0989. The summed E-state index contributed by atoms with van der Waals surface area (Å²) in [7, 11) is -3.84. The second-order valence-electron chi connectivity index (χ2n) is 7.67. The fourth-order valence-corrected chi connectivity index (χ4v) is 5.18. The van der Waals surface area contributed by atoms with E-state index in [0.29, 0.717) is 23.4 Å². The molecule has 0 spiro atoms. The minimum atomic E-state index is -3.84. The van der Waals surface area contributed by atoms with Gasteiger partial charge in [0.25, 0.3) is 15.9 Å². The summed E-state index contributed by atoms with van der Waals surface area (Å²) < 4.78 is 29.0. The van der Waals surface area contributed by atoms with Gasteiger partial charge in [0.1, 0.15) is 0 Å². The number of nitrogens with one attached hydrogen (secondary N) is 1. The van der Waals surface area contributed by atoms with Crippen molar-refractivity contribution in [3.63, 3.8) is 0 Å². The van der Waals surface area contributed by atoms with E-state index in [4.69, 9.17) is 0 Å². The van der Waals surface area contributed by atoms with Crippen molar-refractivity contribution >= 4 is 27.3 Å². The predicted octanol–water partition coefficient (Wildman–Crippen LogP) is 4.62. The molecule has 3 aromatic carbocycles. The Morgan fingerprint density at radius 3 is 2.50 bits per heavy atom. The van der Waals surface area contributed by atoms with Gasteiger partial charge < -0.3 is 4.90 Å². The maximum atomic E-state index is 13.2. The van der Waals surface area contributed by atoms with Gasteiger partial charge in [0, 0.05) is 17.8 Å². The zero-order valence-electron chi connectivity index (χ0n) is 17.3. The summed E-state index contributed by atoms with van der Waals surface area (Å²) in [4.78, 5) is 15.0. The number of sulfonamides is 1. The number of amides is 1. The highest BCUT2D eigenvalue weighted by Crippen LogP contribution is 2.30. The molecule has 30 heavy (non-hydrogen) atoms. The Morgan fingerprint density at radius 2 is 1.70 bits per heavy atom. The quantitative estimate of drug-likeness (QED) is 0.670. The normalized spacial score (nSPS) is 13.2. The topological polar surface area (TPSA) is 66.5 Å². The van der Waals surface area contributed by atoms with E-state index in [2.05, 4.69) is 4.72 Å². The van der Waals surface area contributed by atoms with E-state index in [9.17, 15) is 13.2 Å². The molecule has 1 heterocycles. The van der Waals surface area contributed by atoms with Gasteiger partial charge in [-0.25, -0.2) is 8.42 Å². The standard InChI is InChI=1S/C24H24N2O3S/c1-16-7-6-9-21(18(16)3)25-30(28,29)23-15-20(12-11-17(23)2)24(27)26-14-13-19-8-4-5-10-22(19)26/h4-12,15,25H,13-14H2,1-3H3. The first-order chi connectivity index (χ1) is 14.3. The number of fused-ring (bicyclic) bond motifs is 1. The van der Waals surface area contributed by atoms with Gasteiger partial charge >= 0.3 is 0 Å². The molecular weight excluding hydrogens is 396 g/mol. The van der Waals surface area contributed by atoms with Crippen LogP contribution in [0, 0.1) is 20.8 Å². The zero-order valence-corrected chi connectivity index (χ0v) is 18.1. The number of hydrogen-bond acceptors (Lipinski definition) is 3. The Hall–Kier alpha value is -3.12. The van der Waals surface area contributed by atoms with Crippen LogP contribution in [0.4, 0.5) is 11.4 Å². The second-order valence-corrected chi connectivity index (χ2v) is 9.32. The van der Waals surface area contributed by atoms with Gasteiger partial charge in [-0.1, -0.05) is 36.4 Å². The second kappa shape index (κ2) is 7.61. The van der Waals surface area contributed by atoms with E-state index in [1.807, 2.05) is 50.2 Å². The fourth-order valence-electron chi connectivity index (χ4n) is 3.79. The summed E-state index contributed by atoms with van der Waals surface area (Å²) in [5.74, 6) is -0.192. The Morgan fingerprint density at radius 1 is 0.933 bits per heavy atom. The highest BCUT2D eigenvalue weighted by Gasteiger charge is 2.27. The van der Waals surface area contributed by atoms with Crippen molar-refractivity contribution in [3.8, 4) is 0 Å². The smallest absolute Gasteiger partial charge is 0.262 e. The van der Waals surface area contributed by atoms with Gasteiger partial charge in [-0.2, -0.15) is 0 Å². The number of para-hydroxylation sites is 1.